The third kappa shape index (κ3) is 3.40. The number of rotatable bonds is 4. The van der Waals surface area contributed by atoms with Gasteiger partial charge in [-0.15, -0.1) is 0 Å². The second-order valence-corrected chi connectivity index (χ2v) is 5.52. The van der Waals surface area contributed by atoms with Gasteiger partial charge in [0, 0.05) is 25.3 Å². The summed E-state index contributed by atoms with van der Waals surface area (Å²) < 4.78 is 0. The zero-order chi connectivity index (χ0) is 17.9. The lowest BCUT2D eigenvalue weighted by Gasteiger charge is -2.38. The van der Waals surface area contributed by atoms with Crippen molar-refractivity contribution in [3.05, 3.63) is 36.4 Å². The molecule has 3 amide bonds. The number of phenolic OH excluding ortho intramolecular Hbond substituents is 1. The summed E-state index contributed by atoms with van der Waals surface area (Å²) in [5.74, 6) is -1.18. The molecule has 1 aromatic carbocycles. The minimum atomic E-state index is -0.600. The molecule has 7 nitrogen and oxygen atoms in total. The standard InChI is InChI=1S/C17H21N3O4/c1-4-15(22)18-12-6-7-14(21)13(10-12)17(24)20-9-8-19(5-2)16(23)11(20)3/h4,6-7,10-11,21H,1,5,8-9H2,2-3H3,(H,18,22). The lowest BCUT2D eigenvalue weighted by molar-refractivity contribution is -0.139. The van der Waals surface area contributed by atoms with Crippen molar-refractivity contribution in [2.75, 3.05) is 25.0 Å². The fraction of sp³-hybridized carbons (Fsp3) is 0.353. The van der Waals surface area contributed by atoms with Crippen molar-refractivity contribution in [2.45, 2.75) is 19.9 Å². The largest absolute Gasteiger partial charge is 0.507 e. The van der Waals surface area contributed by atoms with Crippen LogP contribution in [0.4, 0.5) is 5.69 Å². The van der Waals surface area contributed by atoms with Crippen molar-refractivity contribution in [1.29, 1.82) is 0 Å². The Kier molecular flexibility index (Phi) is 5.23. The average Bonchev–Trinajstić information content (AvgIpc) is 2.58. The van der Waals surface area contributed by atoms with Gasteiger partial charge in [-0.1, -0.05) is 6.58 Å². The number of hydrogen-bond donors (Lipinski definition) is 2. The molecule has 0 bridgehead atoms. The van der Waals surface area contributed by atoms with Crippen LogP contribution in [0.3, 0.4) is 0 Å². The number of piperazine rings is 1. The Bertz CT molecular complexity index is 686. The Morgan fingerprint density at radius 3 is 2.75 bits per heavy atom. The van der Waals surface area contributed by atoms with Crippen LogP contribution >= 0.6 is 0 Å². The van der Waals surface area contributed by atoms with Crippen LogP contribution in [0.2, 0.25) is 0 Å². The summed E-state index contributed by atoms with van der Waals surface area (Å²) in [6.07, 6.45) is 1.11. The second kappa shape index (κ2) is 7.16. The van der Waals surface area contributed by atoms with Gasteiger partial charge >= 0.3 is 0 Å². The minimum Gasteiger partial charge on any atom is -0.507 e. The molecule has 1 unspecified atom stereocenters. The predicted octanol–water partition coefficient (Wildman–Crippen LogP) is 1.21. The Morgan fingerprint density at radius 2 is 2.12 bits per heavy atom. The van der Waals surface area contributed by atoms with Gasteiger partial charge in [-0.3, -0.25) is 14.4 Å². The van der Waals surface area contributed by atoms with E-state index in [-0.39, 0.29) is 17.2 Å². The molecule has 1 heterocycles. The van der Waals surface area contributed by atoms with Gasteiger partial charge < -0.3 is 20.2 Å². The van der Waals surface area contributed by atoms with Crippen LogP contribution in [-0.2, 0) is 9.59 Å². The van der Waals surface area contributed by atoms with Gasteiger partial charge in [-0.25, -0.2) is 0 Å². The van der Waals surface area contributed by atoms with E-state index in [0.29, 0.717) is 25.3 Å². The number of benzene rings is 1. The molecule has 0 aromatic heterocycles. The number of phenols is 1. The van der Waals surface area contributed by atoms with Gasteiger partial charge in [0.25, 0.3) is 5.91 Å². The van der Waals surface area contributed by atoms with Crippen molar-refractivity contribution in [1.82, 2.24) is 9.80 Å². The van der Waals surface area contributed by atoms with Crippen LogP contribution in [0, 0.1) is 0 Å². The van der Waals surface area contributed by atoms with Gasteiger partial charge in [-0.2, -0.15) is 0 Å². The Labute approximate surface area is 140 Å². The molecule has 1 fully saturated rings. The molecule has 2 N–H and O–H groups in total. The highest BCUT2D eigenvalue weighted by Crippen LogP contribution is 2.25. The molecule has 0 spiro atoms. The summed E-state index contributed by atoms with van der Waals surface area (Å²) in [4.78, 5) is 39.5. The Hall–Kier alpha value is -2.83. The summed E-state index contributed by atoms with van der Waals surface area (Å²) in [5.41, 5.74) is 0.411. The molecule has 2 rings (SSSR count). The third-order valence-corrected chi connectivity index (χ3v) is 4.07. The van der Waals surface area contributed by atoms with E-state index < -0.39 is 17.9 Å². The van der Waals surface area contributed by atoms with E-state index in [0.717, 1.165) is 6.08 Å². The molecular formula is C17H21N3O4. The minimum absolute atomic E-state index is 0.0430. The van der Waals surface area contributed by atoms with Crippen molar-refractivity contribution in [3.63, 3.8) is 0 Å². The van der Waals surface area contributed by atoms with Gasteiger partial charge in [0.05, 0.1) is 5.56 Å². The van der Waals surface area contributed by atoms with E-state index in [1.165, 1.54) is 23.1 Å². The van der Waals surface area contributed by atoms with E-state index in [1.807, 2.05) is 6.92 Å². The number of anilines is 1. The SMILES string of the molecule is C=CC(=O)Nc1ccc(O)c(C(=O)N2CCN(CC)C(=O)C2C)c1. The first kappa shape index (κ1) is 17.5. The summed E-state index contributed by atoms with van der Waals surface area (Å²) in [5, 5.41) is 12.5. The van der Waals surface area contributed by atoms with E-state index in [9.17, 15) is 19.5 Å². The molecule has 128 valence electrons. The quantitative estimate of drug-likeness (QED) is 0.641. The number of carbonyl (C=O) groups is 3. The van der Waals surface area contributed by atoms with Gasteiger partial charge in [0.15, 0.2) is 0 Å². The molecule has 1 atom stereocenters. The fourth-order valence-corrected chi connectivity index (χ4v) is 2.65. The number of nitrogens with one attached hydrogen (secondary N) is 1. The number of nitrogens with zero attached hydrogens (tertiary/aromatic N) is 2. The number of likely N-dealkylation sites (N-methyl/N-ethyl adjacent to an activating group) is 1. The first-order chi connectivity index (χ1) is 11.4. The highest BCUT2D eigenvalue weighted by atomic mass is 16.3. The van der Waals surface area contributed by atoms with Crippen LogP contribution < -0.4 is 5.32 Å². The number of hydrogen-bond acceptors (Lipinski definition) is 4. The average molecular weight is 331 g/mol. The molecule has 1 aliphatic heterocycles. The number of amides is 3. The summed E-state index contributed by atoms with van der Waals surface area (Å²) >= 11 is 0. The molecule has 1 aliphatic rings. The van der Waals surface area contributed by atoms with Crippen molar-refractivity contribution in [3.8, 4) is 5.75 Å². The third-order valence-electron chi connectivity index (χ3n) is 4.07. The smallest absolute Gasteiger partial charge is 0.258 e. The fourth-order valence-electron chi connectivity index (χ4n) is 2.65. The van der Waals surface area contributed by atoms with E-state index in [2.05, 4.69) is 11.9 Å². The summed E-state index contributed by atoms with van der Waals surface area (Å²) in [6, 6.07) is 3.61. The van der Waals surface area contributed by atoms with Crippen LogP contribution in [-0.4, -0.2) is 58.3 Å². The van der Waals surface area contributed by atoms with Crippen LogP contribution in [0.1, 0.15) is 24.2 Å². The van der Waals surface area contributed by atoms with E-state index in [4.69, 9.17) is 0 Å². The topological polar surface area (TPSA) is 89.9 Å². The molecule has 0 aliphatic carbocycles. The Balaban J connectivity index is 2.26. The van der Waals surface area contributed by atoms with Crippen LogP contribution in [0.5, 0.6) is 5.75 Å². The lowest BCUT2D eigenvalue weighted by Crippen LogP contribution is -2.57. The zero-order valence-corrected chi connectivity index (χ0v) is 13.8. The molecular weight excluding hydrogens is 310 g/mol. The zero-order valence-electron chi connectivity index (χ0n) is 13.8. The van der Waals surface area contributed by atoms with Crippen molar-refractivity contribution in [2.24, 2.45) is 0 Å². The maximum absolute atomic E-state index is 12.7. The van der Waals surface area contributed by atoms with Gasteiger partial charge in [0.1, 0.15) is 11.8 Å². The second-order valence-electron chi connectivity index (χ2n) is 5.52. The monoisotopic (exact) mass is 331 g/mol. The van der Waals surface area contributed by atoms with Gasteiger partial charge in [-0.05, 0) is 38.1 Å². The Morgan fingerprint density at radius 1 is 1.42 bits per heavy atom. The normalized spacial score (nSPS) is 17.6. The molecule has 24 heavy (non-hydrogen) atoms. The molecule has 0 saturated carbocycles. The molecule has 1 aromatic rings. The van der Waals surface area contributed by atoms with Crippen molar-refractivity contribution < 1.29 is 19.5 Å². The molecule has 1 saturated heterocycles. The van der Waals surface area contributed by atoms with Crippen molar-refractivity contribution >= 4 is 23.4 Å². The summed E-state index contributed by atoms with van der Waals surface area (Å²) in [6.45, 7) is 8.36. The van der Waals surface area contributed by atoms with Gasteiger partial charge in [0.2, 0.25) is 11.8 Å². The molecule has 0 radical (unpaired) electrons. The summed E-state index contributed by atoms with van der Waals surface area (Å²) in [7, 11) is 0. The maximum atomic E-state index is 12.7. The molecule has 7 heteroatoms. The van der Waals surface area contributed by atoms with Crippen LogP contribution in [0.25, 0.3) is 0 Å². The lowest BCUT2D eigenvalue weighted by atomic mass is 10.1. The highest BCUT2D eigenvalue weighted by molar-refractivity contribution is 6.03. The predicted molar refractivity (Wildman–Crippen MR) is 89.7 cm³/mol. The first-order valence-corrected chi connectivity index (χ1v) is 7.75. The highest BCUT2D eigenvalue weighted by Gasteiger charge is 2.34. The van der Waals surface area contributed by atoms with Crippen LogP contribution in [0.15, 0.2) is 30.9 Å². The first-order valence-electron chi connectivity index (χ1n) is 7.75. The van der Waals surface area contributed by atoms with E-state index >= 15 is 0 Å². The number of aromatic hydroxyl groups is 1. The maximum Gasteiger partial charge on any atom is 0.258 e. The number of carbonyl (C=O) groups excluding carboxylic acids is 3. The van der Waals surface area contributed by atoms with E-state index in [1.54, 1.807) is 11.8 Å².